The zero-order chi connectivity index (χ0) is 25.9. The first kappa shape index (κ1) is 25.7. The lowest BCUT2D eigenvalue weighted by Crippen LogP contribution is -2.52. The highest BCUT2D eigenvalue weighted by Gasteiger charge is 2.67. The zero-order valence-electron chi connectivity index (χ0n) is 18.9. The van der Waals surface area contributed by atoms with Crippen molar-refractivity contribution < 1.29 is 23.9 Å². The van der Waals surface area contributed by atoms with Crippen LogP contribution in [-0.2, 0) is 9.59 Å². The quantitative estimate of drug-likeness (QED) is 0.247. The lowest BCUT2D eigenvalue weighted by molar-refractivity contribution is -0.154. The number of amides is 3. The summed E-state index contributed by atoms with van der Waals surface area (Å²) in [7, 11) is 1.48. The third-order valence-corrected chi connectivity index (χ3v) is 11.2. The summed E-state index contributed by atoms with van der Waals surface area (Å²) in [6, 6.07) is 10.7. The first-order valence-electron chi connectivity index (χ1n) is 11.2. The van der Waals surface area contributed by atoms with E-state index in [1.54, 1.807) is 18.2 Å². The second-order valence-corrected chi connectivity index (χ2v) is 12.1. The van der Waals surface area contributed by atoms with Crippen LogP contribution in [0.1, 0.15) is 27.1 Å². The molecule has 0 aromatic heterocycles. The predicted molar refractivity (Wildman–Crippen MR) is 141 cm³/mol. The highest BCUT2D eigenvalue weighted by Crippen LogP contribution is 2.60. The molecule has 2 saturated carbocycles. The van der Waals surface area contributed by atoms with Gasteiger partial charge in [0.15, 0.2) is 5.78 Å². The first-order valence-corrected chi connectivity index (χ1v) is 13.8. The van der Waals surface area contributed by atoms with E-state index < -0.39 is 41.9 Å². The number of benzene rings is 2. The first-order chi connectivity index (χ1) is 17.1. The van der Waals surface area contributed by atoms with Gasteiger partial charge in [-0.25, -0.2) is 5.01 Å². The van der Waals surface area contributed by atoms with Crippen LogP contribution in [0.15, 0.2) is 42.5 Å². The van der Waals surface area contributed by atoms with Crippen LogP contribution in [0.5, 0.6) is 5.75 Å². The Labute approximate surface area is 234 Å². The summed E-state index contributed by atoms with van der Waals surface area (Å²) in [6.45, 7) is -0.520. The number of Topliss-reactive ketones (excluding diaryl/α,β-unsaturated/α-hetero) is 1. The fourth-order valence-electron chi connectivity index (χ4n) is 5.61. The summed E-state index contributed by atoms with van der Waals surface area (Å²) in [5, 5.41) is 2.21. The number of hydrogen-bond donors (Lipinski definition) is 0. The van der Waals surface area contributed by atoms with Crippen molar-refractivity contribution in [2.24, 2.45) is 23.7 Å². The van der Waals surface area contributed by atoms with Crippen molar-refractivity contribution in [2.75, 3.05) is 13.7 Å². The van der Waals surface area contributed by atoms with Gasteiger partial charge in [-0.3, -0.25) is 19.2 Å². The molecule has 11 heteroatoms. The van der Waals surface area contributed by atoms with E-state index in [1.165, 1.54) is 31.4 Å². The maximum atomic E-state index is 13.7. The van der Waals surface area contributed by atoms with Crippen molar-refractivity contribution in [2.45, 2.75) is 16.1 Å². The number of nitrogens with zero attached hydrogens (tertiary/aromatic N) is 2. The number of imide groups is 1. The molecule has 3 amide bonds. The van der Waals surface area contributed by atoms with Crippen molar-refractivity contribution >= 4 is 78.6 Å². The monoisotopic (exact) mass is 656 g/mol. The van der Waals surface area contributed by atoms with Gasteiger partial charge in [-0.1, -0.05) is 67.2 Å². The van der Waals surface area contributed by atoms with Crippen molar-refractivity contribution in [3.8, 4) is 5.75 Å². The second kappa shape index (κ2) is 9.74. The van der Waals surface area contributed by atoms with Crippen molar-refractivity contribution in [3.05, 3.63) is 63.6 Å². The number of hydrazine groups is 1. The summed E-state index contributed by atoms with van der Waals surface area (Å²) in [5.74, 6) is -2.79. The van der Waals surface area contributed by atoms with Crippen LogP contribution in [-0.4, -0.2) is 56.8 Å². The molecule has 188 valence electrons. The molecular weight excluding hydrogens is 639 g/mol. The molecule has 1 aliphatic heterocycles. The summed E-state index contributed by atoms with van der Waals surface area (Å²) in [6.07, 6.45) is 0.746. The minimum absolute atomic E-state index is 0.0399. The Kier molecular flexibility index (Phi) is 6.95. The van der Waals surface area contributed by atoms with Gasteiger partial charge in [0, 0.05) is 20.8 Å². The molecule has 2 aromatic carbocycles. The average Bonchev–Trinajstić information content (AvgIpc) is 3.48. The lowest BCUT2D eigenvalue weighted by atomic mass is 9.81. The third kappa shape index (κ3) is 4.08. The molecular formula is C25H20Br2Cl2N2O5. The Morgan fingerprint density at radius 1 is 0.972 bits per heavy atom. The maximum Gasteiger partial charge on any atom is 0.273 e. The minimum Gasteiger partial charge on any atom is -0.497 e. The average molecular weight is 659 g/mol. The van der Waals surface area contributed by atoms with Gasteiger partial charge in [0.2, 0.25) is 0 Å². The number of methoxy groups -OCH3 is 1. The van der Waals surface area contributed by atoms with E-state index in [9.17, 15) is 19.2 Å². The second-order valence-electron chi connectivity index (χ2n) is 9.14. The number of carbonyl (C=O) groups excluding carboxylic acids is 4. The summed E-state index contributed by atoms with van der Waals surface area (Å²) < 4.78 is 5.20. The minimum atomic E-state index is -0.704. The van der Waals surface area contributed by atoms with Crippen LogP contribution in [0.4, 0.5) is 0 Å². The van der Waals surface area contributed by atoms with Crippen molar-refractivity contribution in [1.82, 2.24) is 10.0 Å². The Morgan fingerprint density at radius 2 is 1.61 bits per heavy atom. The van der Waals surface area contributed by atoms with Gasteiger partial charge in [-0.15, -0.1) is 0 Å². The maximum absolute atomic E-state index is 13.7. The largest absolute Gasteiger partial charge is 0.497 e. The highest BCUT2D eigenvalue weighted by molar-refractivity contribution is 9.12. The molecule has 36 heavy (non-hydrogen) atoms. The van der Waals surface area contributed by atoms with E-state index in [0.717, 1.165) is 16.4 Å². The number of rotatable bonds is 6. The molecule has 3 aliphatic rings. The van der Waals surface area contributed by atoms with Crippen LogP contribution in [0.2, 0.25) is 10.0 Å². The van der Waals surface area contributed by atoms with E-state index in [0.29, 0.717) is 5.75 Å². The molecule has 0 unspecified atom stereocenters. The normalized spacial score (nSPS) is 28.4. The Balaban J connectivity index is 1.52. The molecule has 0 radical (unpaired) electrons. The third-order valence-electron chi connectivity index (χ3n) is 7.29. The fourth-order valence-corrected chi connectivity index (χ4v) is 7.78. The van der Waals surface area contributed by atoms with Crippen LogP contribution in [0, 0.1) is 23.7 Å². The zero-order valence-corrected chi connectivity index (χ0v) is 23.6. The number of carbonyl (C=O) groups is 4. The number of fused-ring (bicyclic) bond motifs is 5. The molecule has 1 saturated heterocycles. The van der Waals surface area contributed by atoms with Crippen LogP contribution >= 0.6 is 55.1 Å². The fraction of sp³-hybridized carbons (Fsp3) is 0.360. The van der Waals surface area contributed by atoms with Gasteiger partial charge in [-0.2, -0.15) is 5.01 Å². The van der Waals surface area contributed by atoms with Crippen LogP contribution in [0.3, 0.4) is 0 Å². The Hall–Kier alpha value is -1.94. The van der Waals surface area contributed by atoms with E-state index >= 15 is 0 Å². The molecule has 0 N–H and O–H groups in total. The molecule has 2 bridgehead atoms. The van der Waals surface area contributed by atoms with Gasteiger partial charge in [0.05, 0.1) is 29.0 Å². The van der Waals surface area contributed by atoms with Crippen molar-refractivity contribution in [3.63, 3.8) is 0 Å². The van der Waals surface area contributed by atoms with Gasteiger partial charge >= 0.3 is 0 Å². The number of halogens is 4. The number of ether oxygens (including phenoxy) is 1. The Bertz CT molecular complexity index is 1260. The topological polar surface area (TPSA) is 84.0 Å². The van der Waals surface area contributed by atoms with Crippen molar-refractivity contribution in [1.29, 1.82) is 0 Å². The van der Waals surface area contributed by atoms with Gasteiger partial charge in [-0.05, 0) is 48.6 Å². The molecule has 7 nitrogen and oxygen atoms in total. The summed E-state index contributed by atoms with van der Waals surface area (Å²) >= 11 is 19.5. The van der Waals surface area contributed by atoms with Gasteiger partial charge in [0.1, 0.15) is 12.3 Å². The predicted octanol–water partition coefficient (Wildman–Crippen LogP) is 5.02. The Morgan fingerprint density at radius 3 is 2.19 bits per heavy atom. The molecule has 6 atom stereocenters. The van der Waals surface area contributed by atoms with E-state index in [4.69, 9.17) is 27.9 Å². The van der Waals surface area contributed by atoms with E-state index in [2.05, 4.69) is 31.9 Å². The summed E-state index contributed by atoms with van der Waals surface area (Å²) in [4.78, 5) is 54.4. The number of hydrogen-bond acceptors (Lipinski definition) is 5. The van der Waals surface area contributed by atoms with E-state index in [-0.39, 0.29) is 42.7 Å². The molecule has 0 spiro atoms. The van der Waals surface area contributed by atoms with Gasteiger partial charge < -0.3 is 4.74 Å². The molecule has 2 aliphatic carbocycles. The van der Waals surface area contributed by atoms with Crippen LogP contribution in [0.25, 0.3) is 0 Å². The SMILES string of the molecule is COc1cccc(C(=O)CN(C(=O)c2ccc(Cl)c(Cl)c2)N2C(=O)[C@@H]3[C@H]4C[C@@H]([C@H](Br)[C@@H]4Br)[C@@H]3C2=O)c1. The standard InChI is InChI=1S/C25H20Br2Cl2N2O5/c1-36-13-4-2-3-11(7-13)18(32)10-30(23(33)12-5-6-16(28)17(29)8-12)31-24(34)19-14-9-15(20(19)25(31)35)22(27)21(14)26/h2-8,14-15,19-22H,9-10H2,1H3/t14-,15-,19-,20+,21-,22+/m1/s1. The molecule has 5 rings (SSSR count). The number of alkyl halides is 2. The van der Waals surface area contributed by atoms with Gasteiger partial charge in [0.25, 0.3) is 17.7 Å². The molecule has 3 fully saturated rings. The lowest BCUT2D eigenvalue weighted by Gasteiger charge is -2.31. The number of ketones is 1. The summed E-state index contributed by atoms with van der Waals surface area (Å²) in [5.41, 5.74) is 0.377. The highest BCUT2D eigenvalue weighted by atomic mass is 79.9. The smallest absolute Gasteiger partial charge is 0.273 e. The van der Waals surface area contributed by atoms with Crippen LogP contribution < -0.4 is 4.74 Å². The molecule has 1 heterocycles. The molecule has 2 aromatic rings. The van der Waals surface area contributed by atoms with E-state index in [1.807, 2.05) is 0 Å².